The Morgan fingerprint density at radius 3 is 2.27 bits per heavy atom. The van der Waals surface area contributed by atoms with Crippen LogP contribution in [0.3, 0.4) is 0 Å². The first-order valence-electron chi connectivity index (χ1n) is 3.47. The highest BCUT2D eigenvalue weighted by Crippen LogP contribution is 2.49. The van der Waals surface area contributed by atoms with Crippen LogP contribution < -0.4 is 0 Å². The topological polar surface area (TPSA) is 90.2 Å². The predicted molar refractivity (Wildman–Crippen MR) is 32.7 cm³/mol. The quantitative estimate of drug-likeness (QED) is 0.334. The maximum atomic E-state index is 9.37. The molecule has 0 spiro atoms. The van der Waals surface area contributed by atoms with Gasteiger partial charge in [0.05, 0.1) is 6.61 Å². The minimum absolute atomic E-state index is 0.341. The Balaban J connectivity index is 2.13. The molecule has 5 atom stereocenters. The van der Waals surface area contributed by atoms with E-state index in [2.05, 4.69) is 0 Å². The van der Waals surface area contributed by atoms with Gasteiger partial charge in [0, 0.05) is 0 Å². The molecule has 5 heteroatoms. The highest BCUT2D eigenvalue weighted by Gasteiger charge is 2.76. The molecule has 3 unspecified atom stereocenters. The smallest absolute Gasteiger partial charge is 0.150 e. The number of fused-ring (bicyclic) bond motifs is 1. The van der Waals surface area contributed by atoms with E-state index >= 15 is 0 Å². The van der Waals surface area contributed by atoms with E-state index in [1.165, 1.54) is 0 Å². The Morgan fingerprint density at radius 2 is 1.91 bits per heavy atom. The summed E-state index contributed by atoms with van der Waals surface area (Å²) >= 11 is 0. The zero-order chi connectivity index (χ0) is 8.22. The summed E-state index contributed by atoms with van der Waals surface area (Å²) in [5, 5.41) is 36.2. The molecule has 11 heavy (non-hydrogen) atoms. The second-order valence-electron chi connectivity index (χ2n) is 3.05. The summed E-state index contributed by atoms with van der Waals surface area (Å²) in [6, 6.07) is 0. The molecule has 1 saturated heterocycles. The van der Waals surface area contributed by atoms with Crippen molar-refractivity contribution in [3.8, 4) is 0 Å². The number of hydrogen-bond acceptors (Lipinski definition) is 5. The Labute approximate surface area is 62.8 Å². The van der Waals surface area contributed by atoms with E-state index in [-0.39, 0.29) is 6.61 Å². The minimum atomic E-state index is -1.52. The number of aliphatic hydroxyl groups is 4. The average molecular weight is 162 g/mol. The van der Waals surface area contributed by atoms with Crippen molar-refractivity contribution in [2.75, 3.05) is 6.61 Å². The van der Waals surface area contributed by atoms with Gasteiger partial charge in [0.25, 0.3) is 0 Å². The van der Waals surface area contributed by atoms with Crippen LogP contribution >= 0.6 is 0 Å². The number of rotatable bonds is 1. The molecule has 0 aromatic heterocycles. The van der Waals surface area contributed by atoms with Crippen LogP contribution in [0.4, 0.5) is 0 Å². The third-order valence-corrected chi connectivity index (χ3v) is 2.43. The fraction of sp³-hybridized carbons (Fsp3) is 1.00. The first-order chi connectivity index (χ1) is 5.12. The van der Waals surface area contributed by atoms with Gasteiger partial charge in [0.15, 0.2) is 5.60 Å². The molecule has 1 heterocycles. The van der Waals surface area contributed by atoms with Gasteiger partial charge in [-0.05, 0) is 0 Å². The molecule has 64 valence electrons. The van der Waals surface area contributed by atoms with Crippen LogP contribution in [0.5, 0.6) is 0 Å². The van der Waals surface area contributed by atoms with Gasteiger partial charge < -0.3 is 25.2 Å². The molecular weight excluding hydrogens is 152 g/mol. The normalized spacial score (nSPS) is 61.1. The number of aliphatic hydroxyl groups excluding tert-OH is 3. The summed E-state index contributed by atoms with van der Waals surface area (Å²) in [6.45, 7) is -0.341. The third kappa shape index (κ3) is 0.671. The van der Waals surface area contributed by atoms with Crippen LogP contribution in [-0.2, 0) is 4.74 Å². The predicted octanol–water partition coefficient (Wildman–Crippen LogP) is -2.79. The van der Waals surface area contributed by atoms with E-state index in [4.69, 9.17) is 14.9 Å². The van der Waals surface area contributed by atoms with Crippen LogP contribution in [0.2, 0.25) is 0 Å². The first-order valence-corrected chi connectivity index (χ1v) is 3.47. The van der Waals surface area contributed by atoms with E-state index in [0.29, 0.717) is 0 Å². The maximum absolute atomic E-state index is 9.37. The monoisotopic (exact) mass is 162 g/mol. The SMILES string of the molecule is OC[C@H]1OC2[C@@H](O)C2(O)C1O. The van der Waals surface area contributed by atoms with Crippen molar-refractivity contribution in [2.24, 2.45) is 0 Å². The zero-order valence-corrected chi connectivity index (χ0v) is 5.71. The fourth-order valence-electron chi connectivity index (χ4n) is 1.57. The summed E-state index contributed by atoms with van der Waals surface area (Å²) < 4.78 is 4.91. The molecule has 1 aliphatic heterocycles. The molecule has 1 saturated carbocycles. The molecule has 4 N–H and O–H groups in total. The lowest BCUT2D eigenvalue weighted by atomic mass is 10.1. The third-order valence-electron chi connectivity index (χ3n) is 2.43. The van der Waals surface area contributed by atoms with Gasteiger partial charge >= 0.3 is 0 Å². The zero-order valence-electron chi connectivity index (χ0n) is 5.71. The van der Waals surface area contributed by atoms with Crippen molar-refractivity contribution in [3.05, 3.63) is 0 Å². The number of ether oxygens (including phenoxy) is 1. The summed E-state index contributed by atoms with van der Waals surface area (Å²) in [6.07, 6.45) is -3.64. The summed E-state index contributed by atoms with van der Waals surface area (Å²) in [5.74, 6) is 0. The maximum Gasteiger partial charge on any atom is 0.150 e. The molecule has 0 bridgehead atoms. The Hall–Kier alpha value is -0.200. The van der Waals surface area contributed by atoms with Crippen molar-refractivity contribution in [1.82, 2.24) is 0 Å². The van der Waals surface area contributed by atoms with Crippen LogP contribution in [0, 0.1) is 0 Å². The summed E-state index contributed by atoms with van der Waals surface area (Å²) in [7, 11) is 0. The van der Waals surface area contributed by atoms with Crippen molar-refractivity contribution in [3.63, 3.8) is 0 Å². The van der Waals surface area contributed by atoms with E-state index < -0.39 is 30.0 Å². The summed E-state index contributed by atoms with van der Waals surface area (Å²) in [4.78, 5) is 0. The molecule has 2 rings (SSSR count). The minimum Gasteiger partial charge on any atom is -0.394 e. The molecule has 1 aliphatic carbocycles. The molecule has 0 radical (unpaired) electrons. The van der Waals surface area contributed by atoms with Gasteiger partial charge in [-0.15, -0.1) is 0 Å². The van der Waals surface area contributed by atoms with Gasteiger partial charge in [-0.2, -0.15) is 0 Å². The number of hydrogen-bond donors (Lipinski definition) is 4. The molecule has 0 amide bonds. The van der Waals surface area contributed by atoms with Crippen LogP contribution in [0.15, 0.2) is 0 Å². The lowest BCUT2D eigenvalue weighted by molar-refractivity contribution is -0.0811. The van der Waals surface area contributed by atoms with Crippen molar-refractivity contribution >= 4 is 0 Å². The molecule has 2 aliphatic rings. The van der Waals surface area contributed by atoms with Gasteiger partial charge in [-0.25, -0.2) is 0 Å². The Morgan fingerprint density at radius 1 is 1.27 bits per heavy atom. The van der Waals surface area contributed by atoms with Gasteiger partial charge in [-0.1, -0.05) is 0 Å². The van der Waals surface area contributed by atoms with E-state index in [9.17, 15) is 10.2 Å². The molecule has 0 aromatic carbocycles. The Bertz CT molecular complexity index is 184. The van der Waals surface area contributed by atoms with Crippen molar-refractivity contribution in [1.29, 1.82) is 0 Å². The lowest BCUT2D eigenvalue weighted by Gasteiger charge is -2.18. The van der Waals surface area contributed by atoms with Gasteiger partial charge in [-0.3, -0.25) is 0 Å². The second-order valence-corrected chi connectivity index (χ2v) is 3.05. The lowest BCUT2D eigenvalue weighted by Crippen LogP contribution is -2.40. The second kappa shape index (κ2) is 1.94. The molecular formula is C6H10O5. The van der Waals surface area contributed by atoms with Crippen molar-refractivity contribution < 1.29 is 25.2 Å². The summed E-state index contributed by atoms with van der Waals surface area (Å²) in [5.41, 5.74) is -1.52. The van der Waals surface area contributed by atoms with Crippen LogP contribution in [-0.4, -0.2) is 57.0 Å². The van der Waals surface area contributed by atoms with E-state index in [1.54, 1.807) is 0 Å². The standard InChI is InChI=1S/C6H10O5/c7-1-2-3(8)6(10)4(9)5(6)11-2/h2-5,7-10H,1H2/t2-,3?,4-,5?,6?/m1/s1. The Kier molecular flexibility index (Phi) is 1.31. The van der Waals surface area contributed by atoms with Gasteiger partial charge in [0.1, 0.15) is 24.4 Å². The van der Waals surface area contributed by atoms with Crippen LogP contribution in [0.25, 0.3) is 0 Å². The van der Waals surface area contributed by atoms with Crippen molar-refractivity contribution in [2.45, 2.75) is 30.0 Å². The molecule has 5 nitrogen and oxygen atoms in total. The van der Waals surface area contributed by atoms with E-state index in [0.717, 1.165) is 0 Å². The largest absolute Gasteiger partial charge is 0.394 e. The van der Waals surface area contributed by atoms with Gasteiger partial charge in [0.2, 0.25) is 0 Å². The van der Waals surface area contributed by atoms with Crippen LogP contribution in [0.1, 0.15) is 0 Å². The molecule has 2 fully saturated rings. The first kappa shape index (κ1) is 7.45. The highest BCUT2D eigenvalue weighted by atomic mass is 16.6. The van der Waals surface area contributed by atoms with E-state index in [1.807, 2.05) is 0 Å². The fourth-order valence-corrected chi connectivity index (χ4v) is 1.57. The molecule has 0 aromatic rings. The highest BCUT2D eigenvalue weighted by molar-refractivity contribution is 5.25. The average Bonchev–Trinajstić information content (AvgIpc) is 2.37.